The predicted molar refractivity (Wildman–Crippen MR) is 89.6 cm³/mol. The molecule has 0 saturated carbocycles. The van der Waals surface area contributed by atoms with Crippen LogP contribution in [0.15, 0.2) is 60.7 Å². The van der Waals surface area contributed by atoms with Crippen LogP contribution < -0.4 is 0 Å². The van der Waals surface area contributed by atoms with Crippen LogP contribution in [-0.4, -0.2) is 23.4 Å². The van der Waals surface area contributed by atoms with Crippen molar-refractivity contribution in [1.82, 2.24) is 4.90 Å². The van der Waals surface area contributed by atoms with Gasteiger partial charge in [0.05, 0.1) is 6.42 Å². The predicted octanol–water partition coefficient (Wildman–Crippen LogP) is 3.85. The third kappa shape index (κ3) is 3.76. The molecule has 2 heteroatoms. The molecule has 1 unspecified atom stereocenters. The van der Waals surface area contributed by atoms with Gasteiger partial charge in [0.15, 0.2) is 0 Å². The third-order valence-electron chi connectivity index (χ3n) is 4.50. The SMILES string of the molecule is O=C(Cc1ccccc1)N1CCCC1CCc1ccccc1. The largest absolute Gasteiger partial charge is 0.339 e. The van der Waals surface area contributed by atoms with Crippen molar-refractivity contribution in [2.75, 3.05) is 6.54 Å². The zero-order chi connectivity index (χ0) is 15.2. The monoisotopic (exact) mass is 293 g/mol. The molecule has 0 spiro atoms. The van der Waals surface area contributed by atoms with Gasteiger partial charge in [-0.2, -0.15) is 0 Å². The van der Waals surface area contributed by atoms with Gasteiger partial charge in [-0.25, -0.2) is 0 Å². The molecule has 22 heavy (non-hydrogen) atoms. The van der Waals surface area contributed by atoms with Gasteiger partial charge in [-0.15, -0.1) is 0 Å². The number of hydrogen-bond acceptors (Lipinski definition) is 1. The Hall–Kier alpha value is -2.09. The average Bonchev–Trinajstić information content (AvgIpc) is 3.03. The van der Waals surface area contributed by atoms with Crippen molar-refractivity contribution < 1.29 is 4.79 Å². The first-order valence-electron chi connectivity index (χ1n) is 8.20. The number of rotatable bonds is 5. The second kappa shape index (κ2) is 7.26. The summed E-state index contributed by atoms with van der Waals surface area (Å²) in [7, 11) is 0. The van der Waals surface area contributed by atoms with Crippen molar-refractivity contribution >= 4 is 5.91 Å². The summed E-state index contributed by atoms with van der Waals surface area (Å²) in [6.07, 6.45) is 4.95. The third-order valence-corrected chi connectivity index (χ3v) is 4.50. The smallest absolute Gasteiger partial charge is 0.227 e. The van der Waals surface area contributed by atoms with Crippen LogP contribution in [0.4, 0.5) is 0 Å². The van der Waals surface area contributed by atoms with E-state index in [1.165, 1.54) is 5.56 Å². The van der Waals surface area contributed by atoms with E-state index in [1.54, 1.807) is 0 Å². The lowest BCUT2D eigenvalue weighted by molar-refractivity contribution is -0.131. The Morgan fingerprint density at radius 3 is 2.27 bits per heavy atom. The van der Waals surface area contributed by atoms with Crippen LogP contribution in [0.5, 0.6) is 0 Å². The molecule has 1 aliphatic rings. The molecule has 3 rings (SSSR count). The number of carbonyl (C=O) groups excluding carboxylic acids is 1. The number of likely N-dealkylation sites (tertiary alicyclic amines) is 1. The number of aryl methyl sites for hydroxylation is 1. The first-order chi connectivity index (χ1) is 10.8. The van der Waals surface area contributed by atoms with Gasteiger partial charge in [0.1, 0.15) is 0 Å². The van der Waals surface area contributed by atoms with Crippen molar-refractivity contribution in [3.05, 3.63) is 71.8 Å². The second-order valence-electron chi connectivity index (χ2n) is 6.07. The van der Waals surface area contributed by atoms with Crippen LogP contribution in [0.2, 0.25) is 0 Å². The van der Waals surface area contributed by atoms with Crippen molar-refractivity contribution in [3.8, 4) is 0 Å². The highest BCUT2D eigenvalue weighted by Gasteiger charge is 2.28. The Morgan fingerprint density at radius 2 is 1.59 bits per heavy atom. The molecule has 2 aromatic carbocycles. The summed E-state index contributed by atoms with van der Waals surface area (Å²) in [6.45, 7) is 0.922. The molecule has 0 aliphatic carbocycles. The Bertz CT molecular complexity index is 594. The van der Waals surface area contributed by atoms with E-state index >= 15 is 0 Å². The zero-order valence-corrected chi connectivity index (χ0v) is 12.9. The average molecular weight is 293 g/mol. The molecular formula is C20H23NO. The van der Waals surface area contributed by atoms with Crippen LogP contribution >= 0.6 is 0 Å². The molecule has 114 valence electrons. The van der Waals surface area contributed by atoms with E-state index < -0.39 is 0 Å². The van der Waals surface area contributed by atoms with Crippen LogP contribution in [0, 0.1) is 0 Å². The highest BCUT2D eigenvalue weighted by Crippen LogP contribution is 2.23. The number of hydrogen-bond donors (Lipinski definition) is 0. The Kier molecular flexibility index (Phi) is 4.89. The molecule has 0 N–H and O–H groups in total. The molecule has 1 saturated heterocycles. The van der Waals surface area contributed by atoms with E-state index in [0.717, 1.165) is 37.8 Å². The summed E-state index contributed by atoms with van der Waals surface area (Å²) >= 11 is 0. The Balaban J connectivity index is 1.57. The molecular weight excluding hydrogens is 270 g/mol. The van der Waals surface area contributed by atoms with E-state index in [2.05, 4.69) is 35.2 Å². The summed E-state index contributed by atoms with van der Waals surface area (Å²) in [6, 6.07) is 21.0. The fourth-order valence-corrected chi connectivity index (χ4v) is 3.31. The van der Waals surface area contributed by atoms with E-state index in [0.29, 0.717) is 12.5 Å². The molecule has 0 radical (unpaired) electrons. The quantitative estimate of drug-likeness (QED) is 0.820. The van der Waals surface area contributed by atoms with Crippen LogP contribution in [0.25, 0.3) is 0 Å². The van der Waals surface area contributed by atoms with Gasteiger partial charge < -0.3 is 4.90 Å². The molecule has 1 aliphatic heterocycles. The van der Waals surface area contributed by atoms with Crippen molar-refractivity contribution in [2.45, 2.75) is 38.1 Å². The summed E-state index contributed by atoms with van der Waals surface area (Å²) in [5, 5.41) is 0. The maximum Gasteiger partial charge on any atom is 0.227 e. The van der Waals surface area contributed by atoms with Gasteiger partial charge in [0.2, 0.25) is 5.91 Å². The summed E-state index contributed by atoms with van der Waals surface area (Å²) in [5.74, 6) is 0.279. The fraction of sp³-hybridized carbons (Fsp3) is 0.350. The van der Waals surface area contributed by atoms with Crippen LogP contribution in [-0.2, 0) is 17.6 Å². The minimum Gasteiger partial charge on any atom is -0.339 e. The van der Waals surface area contributed by atoms with Gasteiger partial charge >= 0.3 is 0 Å². The molecule has 1 heterocycles. The highest BCUT2D eigenvalue weighted by atomic mass is 16.2. The molecule has 1 atom stereocenters. The highest BCUT2D eigenvalue weighted by molar-refractivity contribution is 5.79. The molecule has 0 bridgehead atoms. The van der Waals surface area contributed by atoms with Gasteiger partial charge in [0, 0.05) is 12.6 Å². The summed E-state index contributed by atoms with van der Waals surface area (Å²) in [5.41, 5.74) is 2.48. The van der Waals surface area contributed by atoms with Gasteiger partial charge in [-0.3, -0.25) is 4.79 Å². The topological polar surface area (TPSA) is 20.3 Å². The Labute approximate surface area is 132 Å². The summed E-state index contributed by atoms with van der Waals surface area (Å²) in [4.78, 5) is 14.7. The molecule has 1 fully saturated rings. The standard InChI is InChI=1S/C20H23NO/c22-20(16-18-10-5-2-6-11-18)21-15-7-12-19(21)14-13-17-8-3-1-4-9-17/h1-6,8-11,19H,7,12-16H2. The fourth-order valence-electron chi connectivity index (χ4n) is 3.31. The number of amides is 1. The van der Waals surface area contributed by atoms with Gasteiger partial charge in [-0.05, 0) is 36.8 Å². The zero-order valence-electron chi connectivity index (χ0n) is 12.9. The van der Waals surface area contributed by atoms with E-state index in [1.807, 2.05) is 30.3 Å². The number of carbonyl (C=O) groups is 1. The maximum atomic E-state index is 12.6. The lowest BCUT2D eigenvalue weighted by Gasteiger charge is -2.25. The Morgan fingerprint density at radius 1 is 0.955 bits per heavy atom. The molecule has 2 nitrogen and oxygen atoms in total. The first kappa shape index (κ1) is 14.8. The normalized spacial score (nSPS) is 17.6. The van der Waals surface area contributed by atoms with E-state index in [9.17, 15) is 4.79 Å². The van der Waals surface area contributed by atoms with Crippen molar-refractivity contribution in [2.24, 2.45) is 0 Å². The lowest BCUT2D eigenvalue weighted by Crippen LogP contribution is -2.36. The minimum atomic E-state index is 0.279. The lowest BCUT2D eigenvalue weighted by atomic mass is 10.0. The van der Waals surface area contributed by atoms with Gasteiger partial charge in [-0.1, -0.05) is 60.7 Å². The van der Waals surface area contributed by atoms with E-state index in [-0.39, 0.29) is 5.91 Å². The van der Waals surface area contributed by atoms with E-state index in [4.69, 9.17) is 0 Å². The number of nitrogens with zero attached hydrogens (tertiary/aromatic N) is 1. The summed E-state index contributed by atoms with van der Waals surface area (Å²) < 4.78 is 0. The maximum absolute atomic E-state index is 12.6. The van der Waals surface area contributed by atoms with Crippen molar-refractivity contribution in [3.63, 3.8) is 0 Å². The molecule has 0 aromatic heterocycles. The van der Waals surface area contributed by atoms with Crippen LogP contribution in [0.3, 0.4) is 0 Å². The number of benzene rings is 2. The molecule has 2 aromatic rings. The second-order valence-corrected chi connectivity index (χ2v) is 6.07. The first-order valence-corrected chi connectivity index (χ1v) is 8.20. The van der Waals surface area contributed by atoms with Crippen molar-refractivity contribution in [1.29, 1.82) is 0 Å². The molecule has 1 amide bonds. The van der Waals surface area contributed by atoms with Crippen LogP contribution in [0.1, 0.15) is 30.4 Å². The minimum absolute atomic E-state index is 0.279. The van der Waals surface area contributed by atoms with Gasteiger partial charge in [0.25, 0.3) is 0 Å².